The monoisotopic (exact) mass is 341 g/mol. The third kappa shape index (κ3) is 6.68. The van der Waals surface area contributed by atoms with Gasteiger partial charge in [0.05, 0.1) is 17.3 Å². The summed E-state index contributed by atoms with van der Waals surface area (Å²) in [6, 6.07) is 3.95. The summed E-state index contributed by atoms with van der Waals surface area (Å²) in [6.45, 7) is -1.59. The first-order valence-corrected chi connectivity index (χ1v) is 7.32. The Morgan fingerprint density at radius 2 is 2.00 bits per heavy atom. The van der Waals surface area contributed by atoms with Crippen molar-refractivity contribution in [2.24, 2.45) is 5.73 Å². The Labute approximate surface area is 124 Å². The lowest BCUT2D eigenvalue weighted by Crippen LogP contribution is -2.37. The molecule has 0 unspecified atom stereocenters. The molecule has 1 rings (SSSR count). The van der Waals surface area contributed by atoms with Crippen molar-refractivity contribution in [3.05, 3.63) is 28.8 Å². The average molecular weight is 342 g/mol. The minimum atomic E-state index is -4.65. The fourth-order valence-corrected chi connectivity index (χ4v) is 2.23. The van der Waals surface area contributed by atoms with Gasteiger partial charge in [-0.25, -0.2) is 0 Å². The Bertz CT molecular complexity index is 666. The van der Waals surface area contributed by atoms with Crippen molar-refractivity contribution in [3.8, 4) is 11.8 Å². The van der Waals surface area contributed by atoms with Crippen LogP contribution in [0.5, 0.6) is 0 Å². The number of rotatable bonds is 4. The summed E-state index contributed by atoms with van der Waals surface area (Å²) in [5.41, 5.74) is 5.53. The van der Waals surface area contributed by atoms with E-state index in [1.165, 1.54) is 22.9 Å². The molecule has 0 aliphatic rings. The van der Waals surface area contributed by atoms with Crippen LogP contribution in [0, 0.1) is 11.8 Å². The van der Waals surface area contributed by atoms with E-state index in [1.54, 1.807) is 0 Å². The van der Waals surface area contributed by atoms with Crippen molar-refractivity contribution < 1.29 is 21.6 Å². The van der Waals surface area contributed by atoms with Gasteiger partial charge in [0.25, 0.3) is 10.2 Å². The van der Waals surface area contributed by atoms with E-state index in [2.05, 4.69) is 11.8 Å². The summed E-state index contributed by atoms with van der Waals surface area (Å²) in [5.74, 6) is 5.15. The van der Waals surface area contributed by atoms with Crippen LogP contribution in [0.2, 0.25) is 5.02 Å². The maximum absolute atomic E-state index is 12.0. The highest BCUT2D eigenvalue weighted by Crippen LogP contribution is 2.20. The standard InChI is InChI=1S/C11H11ClF3N3O2S/c12-10-4-3-9(6-8(10)2-1-5-16)18-21(19,20)17-7-11(13,14)15/h3-4,6,17-18H,5,7,16H2. The highest BCUT2D eigenvalue weighted by Gasteiger charge is 2.29. The predicted molar refractivity (Wildman–Crippen MR) is 74.0 cm³/mol. The first-order chi connectivity index (χ1) is 9.63. The zero-order valence-corrected chi connectivity index (χ0v) is 12.0. The van der Waals surface area contributed by atoms with Crippen LogP contribution in [-0.4, -0.2) is 27.7 Å². The van der Waals surface area contributed by atoms with Crippen molar-refractivity contribution in [1.29, 1.82) is 0 Å². The fourth-order valence-electron chi connectivity index (χ4n) is 1.20. The van der Waals surface area contributed by atoms with Gasteiger partial charge in [-0.1, -0.05) is 23.4 Å². The molecule has 0 aliphatic carbocycles. The second kappa shape index (κ2) is 7.00. The van der Waals surface area contributed by atoms with Gasteiger partial charge in [0.1, 0.15) is 6.54 Å². The molecule has 0 amide bonds. The first kappa shape index (κ1) is 17.6. The molecular formula is C11H11ClF3N3O2S. The highest BCUT2D eigenvalue weighted by molar-refractivity contribution is 7.90. The lowest BCUT2D eigenvalue weighted by molar-refractivity contribution is -0.121. The molecule has 10 heteroatoms. The molecule has 0 radical (unpaired) electrons. The van der Waals surface area contributed by atoms with E-state index in [9.17, 15) is 21.6 Å². The summed E-state index contributed by atoms with van der Waals surface area (Å²) in [5, 5.41) is 0.266. The normalized spacial score (nSPS) is 11.7. The van der Waals surface area contributed by atoms with Crippen molar-refractivity contribution in [3.63, 3.8) is 0 Å². The number of anilines is 1. The summed E-state index contributed by atoms with van der Waals surface area (Å²) in [6.07, 6.45) is -4.65. The van der Waals surface area contributed by atoms with Crippen LogP contribution in [0.15, 0.2) is 18.2 Å². The molecule has 5 nitrogen and oxygen atoms in total. The van der Waals surface area contributed by atoms with Gasteiger partial charge in [-0.15, -0.1) is 0 Å². The number of alkyl halides is 3. The van der Waals surface area contributed by atoms with Crippen LogP contribution >= 0.6 is 11.6 Å². The van der Waals surface area contributed by atoms with Crippen LogP contribution in [0.3, 0.4) is 0 Å². The molecule has 0 saturated carbocycles. The Balaban J connectivity index is 2.88. The van der Waals surface area contributed by atoms with E-state index in [-0.39, 0.29) is 17.3 Å². The Morgan fingerprint density at radius 3 is 2.57 bits per heavy atom. The smallest absolute Gasteiger partial charge is 0.320 e. The molecular weight excluding hydrogens is 331 g/mol. The Morgan fingerprint density at radius 1 is 1.33 bits per heavy atom. The predicted octanol–water partition coefficient (Wildman–Crippen LogP) is 1.46. The topological polar surface area (TPSA) is 84.2 Å². The van der Waals surface area contributed by atoms with Gasteiger partial charge >= 0.3 is 6.18 Å². The van der Waals surface area contributed by atoms with Crippen LogP contribution in [0.1, 0.15) is 5.56 Å². The SMILES string of the molecule is NCC#Cc1cc(NS(=O)(=O)NCC(F)(F)F)ccc1Cl. The number of halogens is 4. The van der Waals surface area contributed by atoms with E-state index < -0.39 is 22.9 Å². The van der Waals surface area contributed by atoms with Gasteiger partial charge in [0, 0.05) is 5.56 Å². The quantitative estimate of drug-likeness (QED) is 0.725. The van der Waals surface area contributed by atoms with E-state index in [1.807, 2.05) is 4.72 Å². The summed E-state index contributed by atoms with van der Waals surface area (Å²) < 4.78 is 62.1. The second-order valence-electron chi connectivity index (χ2n) is 3.74. The molecule has 0 fully saturated rings. The van der Waals surface area contributed by atoms with Gasteiger partial charge in [0.15, 0.2) is 0 Å². The maximum Gasteiger partial charge on any atom is 0.402 e. The largest absolute Gasteiger partial charge is 0.402 e. The summed E-state index contributed by atoms with van der Waals surface area (Å²) in [7, 11) is -4.35. The number of benzene rings is 1. The van der Waals surface area contributed by atoms with E-state index >= 15 is 0 Å². The average Bonchev–Trinajstić information content (AvgIpc) is 2.36. The van der Waals surface area contributed by atoms with Crippen molar-refractivity contribution in [2.75, 3.05) is 17.8 Å². The van der Waals surface area contributed by atoms with Gasteiger partial charge in [-0.2, -0.15) is 26.3 Å². The highest BCUT2D eigenvalue weighted by atomic mass is 35.5. The van der Waals surface area contributed by atoms with Gasteiger partial charge in [-0.3, -0.25) is 4.72 Å². The molecule has 0 bridgehead atoms. The summed E-state index contributed by atoms with van der Waals surface area (Å²) >= 11 is 5.84. The van der Waals surface area contributed by atoms with Crippen LogP contribution < -0.4 is 15.2 Å². The zero-order chi connectivity index (χ0) is 16.1. The van der Waals surface area contributed by atoms with Crippen LogP contribution in [0.25, 0.3) is 0 Å². The molecule has 0 spiro atoms. The van der Waals surface area contributed by atoms with Gasteiger partial charge < -0.3 is 5.73 Å². The number of hydrogen-bond acceptors (Lipinski definition) is 3. The second-order valence-corrected chi connectivity index (χ2v) is 5.65. The lowest BCUT2D eigenvalue weighted by Gasteiger charge is -2.11. The maximum atomic E-state index is 12.0. The third-order valence-electron chi connectivity index (χ3n) is 2.01. The molecule has 4 N–H and O–H groups in total. The van der Waals surface area contributed by atoms with Crippen molar-refractivity contribution in [1.82, 2.24) is 4.72 Å². The minimum Gasteiger partial charge on any atom is -0.320 e. The Kier molecular flexibility index (Phi) is 5.86. The Hall–Kier alpha value is -1.47. The zero-order valence-electron chi connectivity index (χ0n) is 10.5. The van der Waals surface area contributed by atoms with Crippen molar-refractivity contribution >= 4 is 27.5 Å². The molecule has 0 saturated heterocycles. The molecule has 1 aromatic rings. The number of nitrogens with two attached hydrogens (primary N) is 1. The molecule has 21 heavy (non-hydrogen) atoms. The van der Waals surface area contributed by atoms with Crippen LogP contribution in [0.4, 0.5) is 18.9 Å². The van der Waals surface area contributed by atoms with Gasteiger partial charge in [-0.05, 0) is 18.2 Å². The molecule has 1 aromatic carbocycles. The van der Waals surface area contributed by atoms with E-state index in [0.717, 1.165) is 0 Å². The summed E-state index contributed by atoms with van der Waals surface area (Å²) in [4.78, 5) is 0. The molecule has 0 aliphatic heterocycles. The molecule has 0 heterocycles. The van der Waals surface area contributed by atoms with Crippen molar-refractivity contribution in [2.45, 2.75) is 6.18 Å². The number of hydrogen-bond donors (Lipinski definition) is 3. The van der Waals surface area contributed by atoms with E-state index in [0.29, 0.717) is 5.56 Å². The third-order valence-corrected chi connectivity index (χ3v) is 3.36. The van der Waals surface area contributed by atoms with E-state index in [4.69, 9.17) is 17.3 Å². The first-order valence-electron chi connectivity index (χ1n) is 5.45. The lowest BCUT2D eigenvalue weighted by atomic mass is 10.2. The molecule has 0 aromatic heterocycles. The minimum absolute atomic E-state index is 0.0235. The van der Waals surface area contributed by atoms with Crippen LogP contribution in [-0.2, 0) is 10.2 Å². The number of nitrogens with one attached hydrogen (secondary N) is 2. The fraction of sp³-hybridized carbons (Fsp3) is 0.273. The van der Waals surface area contributed by atoms with Gasteiger partial charge in [0.2, 0.25) is 0 Å². The molecule has 116 valence electrons. The molecule has 0 atom stereocenters.